The zero-order chi connectivity index (χ0) is 7.83. The van der Waals surface area contributed by atoms with Gasteiger partial charge in [0.15, 0.2) is 0 Å². The molecule has 1 aliphatic heterocycles. The Morgan fingerprint density at radius 1 is 1.20 bits per heavy atom. The number of rotatable bonds is 1. The van der Waals surface area contributed by atoms with Crippen molar-refractivity contribution in [3.63, 3.8) is 0 Å². The summed E-state index contributed by atoms with van der Waals surface area (Å²) >= 11 is 0. The van der Waals surface area contributed by atoms with Gasteiger partial charge < -0.3 is 4.74 Å². The standard InChI is InChI=1S/C5H6F4O/c6-1-4(7)2-10-3-5(4,8)9/h1-3H2. The average molecular weight is 158 g/mol. The van der Waals surface area contributed by atoms with Gasteiger partial charge in [0, 0.05) is 0 Å². The van der Waals surface area contributed by atoms with Gasteiger partial charge in [-0.1, -0.05) is 0 Å². The summed E-state index contributed by atoms with van der Waals surface area (Å²) in [5, 5.41) is 0. The number of alkyl halides is 4. The molecule has 1 unspecified atom stereocenters. The van der Waals surface area contributed by atoms with Gasteiger partial charge in [0.1, 0.15) is 13.3 Å². The largest absolute Gasteiger partial charge is 0.371 e. The second kappa shape index (κ2) is 2.08. The number of hydrogen-bond donors (Lipinski definition) is 0. The van der Waals surface area contributed by atoms with Crippen LogP contribution >= 0.6 is 0 Å². The van der Waals surface area contributed by atoms with Gasteiger partial charge in [0.25, 0.3) is 0 Å². The Balaban J connectivity index is 2.76. The van der Waals surface area contributed by atoms with Crippen molar-refractivity contribution in [2.24, 2.45) is 0 Å². The van der Waals surface area contributed by atoms with Crippen LogP contribution in [0.4, 0.5) is 17.6 Å². The van der Waals surface area contributed by atoms with Crippen LogP contribution in [0.2, 0.25) is 0 Å². The lowest BCUT2D eigenvalue weighted by atomic mass is 10.0. The molecule has 1 rings (SSSR count). The zero-order valence-corrected chi connectivity index (χ0v) is 5.04. The van der Waals surface area contributed by atoms with E-state index in [1.165, 1.54) is 0 Å². The maximum atomic E-state index is 12.6. The minimum Gasteiger partial charge on any atom is -0.371 e. The summed E-state index contributed by atoms with van der Waals surface area (Å²) < 4.78 is 52.8. The molecule has 1 atom stereocenters. The van der Waals surface area contributed by atoms with Crippen molar-refractivity contribution >= 4 is 0 Å². The topological polar surface area (TPSA) is 9.23 Å². The van der Waals surface area contributed by atoms with Gasteiger partial charge in [-0.05, 0) is 0 Å². The molecule has 0 spiro atoms. The molecule has 0 aromatic rings. The van der Waals surface area contributed by atoms with Gasteiger partial charge in [-0.2, -0.15) is 0 Å². The van der Waals surface area contributed by atoms with E-state index < -0.39 is 31.5 Å². The Hall–Kier alpha value is -0.320. The predicted octanol–water partition coefficient (Wildman–Crippen LogP) is 1.33. The lowest BCUT2D eigenvalue weighted by molar-refractivity contribution is -0.110. The maximum absolute atomic E-state index is 12.6. The summed E-state index contributed by atoms with van der Waals surface area (Å²) in [6.07, 6.45) is 0. The predicted molar refractivity (Wildman–Crippen MR) is 25.6 cm³/mol. The van der Waals surface area contributed by atoms with Crippen LogP contribution in [0.25, 0.3) is 0 Å². The fourth-order valence-electron chi connectivity index (χ4n) is 0.712. The van der Waals surface area contributed by atoms with Crippen molar-refractivity contribution in [3.05, 3.63) is 0 Å². The van der Waals surface area contributed by atoms with E-state index in [0.29, 0.717) is 0 Å². The van der Waals surface area contributed by atoms with Crippen LogP contribution in [0.3, 0.4) is 0 Å². The van der Waals surface area contributed by atoms with E-state index in [-0.39, 0.29) is 0 Å². The molecular weight excluding hydrogens is 152 g/mol. The summed E-state index contributed by atoms with van der Waals surface area (Å²) in [6.45, 7) is -3.57. The molecule has 0 amide bonds. The van der Waals surface area contributed by atoms with Gasteiger partial charge in [-0.3, -0.25) is 0 Å². The lowest BCUT2D eigenvalue weighted by Crippen LogP contribution is -2.44. The fraction of sp³-hybridized carbons (Fsp3) is 1.00. The second-order valence-corrected chi connectivity index (χ2v) is 2.30. The van der Waals surface area contributed by atoms with Crippen molar-refractivity contribution < 1.29 is 22.3 Å². The number of hydrogen-bond acceptors (Lipinski definition) is 1. The van der Waals surface area contributed by atoms with Crippen molar-refractivity contribution in [1.82, 2.24) is 0 Å². The lowest BCUT2D eigenvalue weighted by Gasteiger charge is -2.20. The maximum Gasteiger partial charge on any atom is 0.309 e. The molecule has 5 heteroatoms. The molecule has 0 bridgehead atoms. The summed E-state index contributed by atoms with van der Waals surface area (Å²) in [5.41, 5.74) is -3.09. The molecule has 0 aromatic heterocycles. The highest BCUT2D eigenvalue weighted by Crippen LogP contribution is 2.38. The molecule has 0 N–H and O–H groups in total. The van der Waals surface area contributed by atoms with Crippen LogP contribution in [-0.4, -0.2) is 31.5 Å². The van der Waals surface area contributed by atoms with Crippen LogP contribution in [0.1, 0.15) is 0 Å². The van der Waals surface area contributed by atoms with Crippen LogP contribution in [0.15, 0.2) is 0 Å². The first-order valence-corrected chi connectivity index (χ1v) is 2.72. The second-order valence-electron chi connectivity index (χ2n) is 2.30. The third-order valence-corrected chi connectivity index (χ3v) is 1.48. The third kappa shape index (κ3) is 0.885. The molecule has 1 heterocycles. The minimum atomic E-state index is -3.66. The highest BCUT2D eigenvalue weighted by molar-refractivity contribution is 4.97. The van der Waals surface area contributed by atoms with E-state index in [1.54, 1.807) is 0 Å². The first-order valence-electron chi connectivity index (χ1n) is 2.72. The van der Waals surface area contributed by atoms with Gasteiger partial charge in [-0.25, -0.2) is 17.6 Å². The Kier molecular flexibility index (Phi) is 1.62. The molecule has 1 nitrogen and oxygen atoms in total. The van der Waals surface area contributed by atoms with Crippen molar-refractivity contribution in [1.29, 1.82) is 0 Å². The normalized spacial score (nSPS) is 38.4. The van der Waals surface area contributed by atoms with Crippen LogP contribution < -0.4 is 0 Å². The van der Waals surface area contributed by atoms with E-state index in [2.05, 4.69) is 4.74 Å². The van der Waals surface area contributed by atoms with Crippen LogP contribution in [0, 0.1) is 0 Å². The molecule has 1 fully saturated rings. The zero-order valence-electron chi connectivity index (χ0n) is 5.04. The first kappa shape index (κ1) is 7.78. The van der Waals surface area contributed by atoms with E-state index in [1.807, 2.05) is 0 Å². The molecule has 1 aliphatic rings. The highest BCUT2D eigenvalue weighted by Gasteiger charge is 2.60. The molecule has 0 saturated carbocycles. The first-order chi connectivity index (χ1) is 4.52. The molecule has 60 valence electrons. The SMILES string of the molecule is FCC1(F)COCC1(F)F. The fourth-order valence-corrected chi connectivity index (χ4v) is 0.712. The monoisotopic (exact) mass is 158 g/mol. The number of ether oxygens (including phenoxy) is 1. The van der Waals surface area contributed by atoms with Gasteiger partial charge in [0.05, 0.1) is 6.61 Å². The molecular formula is C5H6F4O. The molecule has 0 aliphatic carbocycles. The Morgan fingerprint density at radius 2 is 1.80 bits per heavy atom. The summed E-state index contributed by atoms with van der Waals surface area (Å²) in [4.78, 5) is 0. The quantitative estimate of drug-likeness (QED) is 0.523. The van der Waals surface area contributed by atoms with Crippen molar-refractivity contribution in [2.45, 2.75) is 11.6 Å². The van der Waals surface area contributed by atoms with Crippen LogP contribution in [0.5, 0.6) is 0 Å². The van der Waals surface area contributed by atoms with E-state index in [9.17, 15) is 17.6 Å². The summed E-state index contributed by atoms with van der Waals surface area (Å²) in [7, 11) is 0. The summed E-state index contributed by atoms with van der Waals surface area (Å²) in [5.74, 6) is -3.66. The van der Waals surface area contributed by atoms with Crippen molar-refractivity contribution in [3.8, 4) is 0 Å². The van der Waals surface area contributed by atoms with Gasteiger partial charge in [-0.15, -0.1) is 0 Å². The summed E-state index contributed by atoms with van der Waals surface area (Å²) in [6, 6.07) is 0. The molecule has 10 heavy (non-hydrogen) atoms. The number of halogens is 4. The highest BCUT2D eigenvalue weighted by atomic mass is 19.3. The smallest absolute Gasteiger partial charge is 0.309 e. The van der Waals surface area contributed by atoms with E-state index in [0.717, 1.165) is 0 Å². The Bertz CT molecular complexity index is 138. The minimum absolute atomic E-state index is 0.851. The Labute approximate surface area is 55.0 Å². The van der Waals surface area contributed by atoms with E-state index >= 15 is 0 Å². The third-order valence-electron chi connectivity index (χ3n) is 1.48. The molecule has 0 radical (unpaired) electrons. The van der Waals surface area contributed by atoms with Crippen LogP contribution in [-0.2, 0) is 4.74 Å². The Morgan fingerprint density at radius 3 is 2.00 bits per heavy atom. The van der Waals surface area contributed by atoms with Gasteiger partial charge >= 0.3 is 5.92 Å². The van der Waals surface area contributed by atoms with Gasteiger partial charge in [0.2, 0.25) is 5.67 Å². The van der Waals surface area contributed by atoms with E-state index in [4.69, 9.17) is 0 Å². The van der Waals surface area contributed by atoms with Crippen molar-refractivity contribution in [2.75, 3.05) is 19.9 Å². The molecule has 1 saturated heterocycles. The average Bonchev–Trinajstić information content (AvgIpc) is 2.10. The molecule has 0 aromatic carbocycles.